The fourth-order valence-corrected chi connectivity index (χ4v) is 2.21. The first-order chi connectivity index (χ1) is 8.08. The van der Waals surface area contributed by atoms with Crippen LogP contribution in [-0.4, -0.2) is 36.4 Å². The van der Waals surface area contributed by atoms with E-state index in [1.54, 1.807) is 0 Å². The zero-order valence-electron chi connectivity index (χ0n) is 10.6. The summed E-state index contributed by atoms with van der Waals surface area (Å²) in [4.78, 5) is 15.7. The van der Waals surface area contributed by atoms with Gasteiger partial charge in [0, 0.05) is 5.75 Å². The molecule has 0 bridgehead atoms. The molecule has 0 radical (unpaired) electrons. The number of ether oxygens (including phenoxy) is 1. The molecule has 1 aromatic rings. The molecule has 96 valence electrons. The van der Waals surface area contributed by atoms with Gasteiger partial charge in [0.2, 0.25) is 0 Å². The molecule has 6 heteroatoms. The van der Waals surface area contributed by atoms with Crippen molar-refractivity contribution in [2.45, 2.75) is 32.0 Å². The summed E-state index contributed by atoms with van der Waals surface area (Å²) in [5, 5.41) is 3.65. The van der Waals surface area contributed by atoms with E-state index in [9.17, 15) is 4.79 Å². The topological polar surface area (TPSA) is 64.4 Å². The maximum Gasteiger partial charge on any atom is 0.323 e. The van der Waals surface area contributed by atoms with Crippen LogP contribution in [0.3, 0.4) is 0 Å². The van der Waals surface area contributed by atoms with Crippen molar-refractivity contribution < 1.29 is 13.9 Å². The first kappa shape index (κ1) is 14.1. The number of oxazole rings is 1. The van der Waals surface area contributed by atoms with Crippen LogP contribution >= 0.6 is 11.8 Å². The maximum atomic E-state index is 11.4. The average molecular weight is 258 g/mol. The zero-order chi connectivity index (χ0) is 12.8. The summed E-state index contributed by atoms with van der Waals surface area (Å²) in [7, 11) is 1.39. The van der Waals surface area contributed by atoms with Crippen LogP contribution in [0.5, 0.6) is 0 Å². The van der Waals surface area contributed by atoms with Gasteiger partial charge in [-0.25, -0.2) is 4.98 Å². The van der Waals surface area contributed by atoms with Crippen LogP contribution in [-0.2, 0) is 9.53 Å². The number of likely N-dealkylation sites (N-methyl/N-ethyl adjacent to an activating group) is 1. The van der Waals surface area contributed by atoms with Crippen LogP contribution in [0.25, 0.3) is 0 Å². The second-order valence-electron chi connectivity index (χ2n) is 3.57. The summed E-state index contributed by atoms with van der Waals surface area (Å²) in [6, 6.07) is -0.331. The molecule has 17 heavy (non-hydrogen) atoms. The van der Waals surface area contributed by atoms with Crippen molar-refractivity contribution >= 4 is 17.7 Å². The second-order valence-corrected chi connectivity index (χ2v) is 4.54. The SMILES string of the molecule is CCNC(CSc1nc(C)c(C)o1)C(=O)OC. The van der Waals surface area contributed by atoms with Gasteiger partial charge in [-0.15, -0.1) is 0 Å². The number of rotatable bonds is 6. The molecule has 0 fully saturated rings. The van der Waals surface area contributed by atoms with E-state index in [-0.39, 0.29) is 12.0 Å². The lowest BCUT2D eigenvalue weighted by Gasteiger charge is -2.13. The molecule has 0 amide bonds. The van der Waals surface area contributed by atoms with E-state index < -0.39 is 0 Å². The number of aromatic nitrogens is 1. The highest BCUT2D eigenvalue weighted by molar-refractivity contribution is 7.99. The first-order valence-corrected chi connectivity index (χ1v) is 6.45. The van der Waals surface area contributed by atoms with Crippen LogP contribution in [0.15, 0.2) is 9.64 Å². The van der Waals surface area contributed by atoms with Gasteiger partial charge in [0.15, 0.2) is 0 Å². The maximum absolute atomic E-state index is 11.4. The van der Waals surface area contributed by atoms with Gasteiger partial charge in [-0.05, 0) is 20.4 Å². The minimum atomic E-state index is -0.331. The summed E-state index contributed by atoms with van der Waals surface area (Å²) in [5.41, 5.74) is 0.880. The minimum absolute atomic E-state index is 0.264. The van der Waals surface area contributed by atoms with E-state index in [2.05, 4.69) is 10.3 Å². The van der Waals surface area contributed by atoms with Crippen molar-refractivity contribution in [2.75, 3.05) is 19.4 Å². The molecule has 1 N–H and O–H groups in total. The van der Waals surface area contributed by atoms with Gasteiger partial charge in [-0.3, -0.25) is 4.79 Å². The summed E-state index contributed by atoms with van der Waals surface area (Å²) in [6.45, 7) is 6.42. The number of esters is 1. The predicted octanol–water partition coefficient (Wildman–Crippen LogP) is 1.53. The molecular formula is C11H18N2O3S. The Balaban J connectivity index is 2.54. The fourth-order valence-electron chi connectivity index (χ4n) is 1.26. The van der Waals surface area contributed by atoms with Gasteiger partial charge in [0.05, 0.1) is 12.8 Å². The van der Waals surface area contributed by atoms with E-state index in [4.69, 9.17) is 9.15 Å². The monoisotopic (exact) mass is 258 g/mol. The molecule has 0 saturated carbocycles. The fraction of sp³-hybridized carbons (Fsp3) is 0.636. The first-order valence-electron chi connectivity index (χ1n) is 5.46. The number of hydrogen-bond donors (Lipinski definition) is 1. The molecule has 1 atom stereocenters. The van der Waals surface area contributed by atoms with Gasteiger partial charge in [0.1, 0.15) is 11.8 Å². The van der Waals surface area contributed by atoms with Crippen molar-refractivity contribution in [3.63, 3.8) is 0 Å². The lowest BCUT2D eigenvalue weighted by molar-refractivity contribution is -0.142. The van der Waals surface area contributed by atoms with Gasteiger partial charge >= 0.3 is 5.97 Å². The van der Waals surface area contributed by atoms with Gasteiger partial charge in [-0.2, -0.15) is 0 Å². The smallest absolute Gasteiger partial charge is 0.323 e. The van der Waals surface area contributed by atoms with Crippen LogP contribution in [0, 0.1) is 13.8 Å². The van der Waals surface area contributed by atoms with E-state index in [1.165, 1.54) is 18.9 Å². The lowest BCUT2D eigenvalue weighted by atomic mass is 10.3. The van der Waals surface area contributed by atoms with Crippen molar-refractivity contribution in [1.82, 2.24) is 10.3 Å². The Morgan fingerprint density at radius 3 is 2.76 bits per heavy atom. The van der Waals surface area contributed by atoms with Crippen LogP contribution in [0.4, 0.5) is 0 Å². The number of methoxy groups -OCH3 is 1. The Bertz CT molecular complexity index is 359. The second kappa shape index (κ2) is 6.66. The Kier molecular flexibility index (Phi) is 5.50. The highest BCUT2D eigenvalue weighted by Crippen LogP contribution is 2.20. The molecule has 0 spiro atoms. The number of carbonyl (C=O) groups is 1. The summed E-state index contributed by atoms with van der Waals surface area (Å²) in [5.74, 6) is 1.09. The molecular weight excluding hydrogens is 240 g/mol. The largest absolute Gasteiger partial charge is 0.468 e. The van der Waals surface area contributed by atoms with E-state index in [0.29, 0.717) is 17.5 Å². The number of aryl methyl sites for hydroxylation is 2. The third kappa shape index (κ3) is 4.05. The molecule has 1 aromatic heterocycles. The average Bonchev–Trinajstić information content (AvgIpc) is 2.63. The molecule has 0 aliphatic heterocycles. The van der Waals surface area contributed by atoms with E-state index in [1.807, 2.05) is 20.8 Å². The highest BCUT2D eigenvalue weighted by atomic mass is 32.2. The number of thioether (sulfide) groups is 1. The quantitative estimate of drug-likeness (QED) is 0.616. The van der Waals surface area contributed by atoms with Gasteiger partial charge < -0.3 is 14.5 Å². The number of carbonyl (C=O) groups excluding carboxylic acids is 1. The molecule has 0 saturated heterocycles. The molecule has 0 aromatic carbocycles. The molecule has 0 aliphatic carbocycles. The molecule has 1 unspecified atom stereocenters. The van der Waals surface area contributed by atoms with Crippen molar-refractivity contribution in [1.29, 1.82) is 0 Å². The molecule has 0 aliphatic rings. The van der Waals surface area contributed by atoms with Crippen LogP contribution < -0.4 is 5.32 Å². The van der Waals surface area contributed by atoms with Gasteiger partial charge in [-0.1, -0.05) is 18.7 Å². The van der Waals surface area contributed by atoms with E-state index >= 15 is 0 Å². The Morgan fingerprint density at radius 2 is 2.29 bits per heavy atom. The highest BCUT2D eigenvalue weighted by Gasteiger charge is 2.19. The Labute approximate surface area is 105 Å². The van der Waals surface area contributed by atoms with Crippen molar-refractivity contribution in [3.8, 4) is 0 Å². The van der Waals surface area contributed by atoms with Crippen LogP contribution in [0.1, 0.15) is 18.4 Å². The number of nitrogens with zero attached hydrogens (tertiary/aromatic N) is 1. The zero-order valence-corrected chi connectivity index (χ0v) is 11.4. The van der Waals surface area contributed by atoms with Crippen LogP contribution in [0.2, 0.25) is 0 Å². The van der Waals surface area contributed by atoms with E-state index in [0.717, 1.165) is 11.5 Å². The lowest BCUT2D eigenvalue weighted by Crippen LogP contribution is -2.39. The molecule has 5 nitrogen and oxygen atoms in total. The number of hydrogen-bond acceptors (Lipinski definition) is 6. The summed E-state index contributed by atoms with van der Waals surface area (Å²) < 4.78 is 10.1. The standard InChI is InChI=1S/C11H18N2O3S/c1-5-12-9(10(14)15-4)6-17-11-13-7(2)8(3)16-11/h9,12H,5-6H2,1-4H3. The summed E-state index contributed by atoms with van der Waals surface area (Å²) in [6.07, 6.45) is 0. The molecule has 1 rings (SSSR count). The van der Waals surface area contributed by atoms with Crippen molar-refractivity contribution in [3.05, 3.63) is 11.5 Å². The third-order valence-corrected chi connectivity index (χ3v) is 3.24. The Morgan fingerprint density at radius 1 is 1.59 bits per heavy atom. The third-order valence-electron chi connectivity index (χ3n) is 2.32. The predicted molar refractivity (Wildman–Crippen MR) is 66.2 cm³/mol. The Hall–Kier alpha value is -1.01. The number of nitrogens with one attached hydrogen (secondary N) is 1. The summed E-state index contributed by atoms with van der Waals surface area (Å²) >= 11 is 1.41. The normalized spacial score (nSPS) is 12.5. The molecule has 1 heterocycles. The van der Waals surface area contributed by atoms with Gasteiger partial charge in [0.25, 0.3) is 5.22 Å². The van der Waals surface area contributed by atoms with Crippen molar-refractivity contribution in [2.24, 2.45) is 0 Å². The minimum Gasteiger partial charge on any atom is -0.468 e.